The van der Waals surface area contributed by atoms with Crippen LogP contribution >= 0.6 is 0 Å². The Bertz CT molecular complexity index is 1090. The summed E-state index contributed by atoms with van der Waals surface area (Å²) in [6, 6.07) is 15.3. The van der Waals surface area contributed by atoms with Crippen molar-refractivity contribution in [2.45, 2.75) is 27.0 Å². The average molecular weight is 404 g/mol. The van der Waals surface area contributed by atoms with Gasteiger partial charge in [0.15, 0.2) is 0 Å². The minimum absolute atomic E-state index is 0.00938. The molecule has 2 aromatic heterocycles. The number of carbonyl (C=O) groups is 1. The van der Waals surface area contributed by atoms with E-state index >= 15 is 0 Å². The van der Waals surface area contributed by atoms with E-state index in [1.54, 1.807) is 30.1 Å². The topological polar surface area (TPSA) is 82.1 Å². The molecule has 0 saturated heterocycles. The summed E-state index contributed by atoms with van der Waals surface area (Å²) in [6.07, 6.45) is 3.37. The molecule has 7 heteroatoms. The van der Waals surface area contributed by atoms with Crippen molar-refractivity contribution >= 4 is 12.0 Å². The van der Waals surface area contributed by atoms with Gasteiger partial charge in [-0.25, -0.2) is 9.48 Å². The van der Waals surface area contributed by atoms with Crippen molar-refractivity contribution in [3.8, 4) is 11.8 Å². The van der Waals surface area contributed by atoms with Crippen molar-refractivity contribution in [3.05, 3.63) is 76.9 Å². The van der Waals surface area contributed by atoms with E-state index < -0.39 is 5.97 Å². The Morgan fingerprint density at radius 3 is 2.70 bits per heavy atom. The molecule has 0 radical (unpaired) electrons. The summed E-state index contributed by atoms with van der Waals surface area (Å²) in [5, 5.41) is 13.9. The summed E-state index contributed by atoms with van der Waals surface area (Å²) < 4.78 is 14.2. The molecule has 0 aliphatic rings. The van der Waals surface area contributed by atoms with Gasteiger partial charge in [0.05, 0.1) is 12.3 Å². The predicted octanol–water partition coefficient (Wildman–Crippen LogP) is 3.59. The van der Waals surface area contributed by atoms with E-state index in [-0.39, 0.29) is 12.2 Å². The Kier molecular flexibility index (Phi) is 6.83. The second-order valence-electron chi connectivity index (χ2n) is 6.80. The fourth-order valence-electron chi connectivity index (χ4n) is 3.17. The summed E-state index contributed by atoms with van der Waals surface area (Å²) in [4.78, 5) is 12.4. The van der Waals surface area contributed by atoms with E-state index in [0.717, 1.165) is 22.6 Å². The lowest BCUT2D eigenvalue weighted by molar-refractivity contribution is -0.139. The number of aromatic nitrogens is 3. The number of benzene rings is 1. The molecule has 0 fully saturated rings. The largest absolute Gasteiger partial charge is 0.455 e. The molecule has 0 amide bonds. The van der Waals surface area contributed by atoms with Gasteiger partial charge in [0.2, 0.25) is 0 Å². The molecule has 3 rings (SSSR count). The maximum Gasteiger partial charge on any atom is 0.349 e. The normalized spacial score (nSPS) is 11.3. The van der Waals surface area contributed by atoms with Gasteiger partial charge in [-0.3, -0.25) is 0 Å². The molecule has 2 heterocycles. The molecule has 0 unspecified atom stereocenters. The Morgan fingerprint density at radius 2 is 2.00 bits per heavy atom. The van der Waals surface area contributed by atoms with Gasteiger partial charge in [0.1, 0.15) is 23.9 Å². The molecule has 0 N–H and O–H groups in total. The third-order valence-electron chi connectivity index (χ3n) is 4.79. The molecular weight excluding hydrogens is 380 g/mol. The van der Waals surface area contributed by atoms with Crippen LogP contribution < -0.4 is 0 Å². The summed E-state index contributed by atoms with van der Waals surface area (Å²) in [7, 11) is 1.65. The summed E-state index contributed by atoms with van der Waals surface area (Å²) in [6.45, 7) is 5.21. The summed E-state index contributed by atoms with van der Waals surface area (Å²) in [5.74, 6) is -0.673. The number of methoxy groups -OCH3 is 1. The highest BCUT2D eigenvalue weighted by Crippen LogP contribution is 2.19. The zero-order chi connectivity index (χ0) is 21.5. The molecule has 0 aliphatic carbocycles. The maximum atomic E-state index is 12.4. The molecule has 0 saturated carbocycles. The third kappa shape index (κ3) is 4.85. The SMILES string of the molecule is COCCn1c(C)cc(/C=C(/C#N)C(=O)OCc2ccn(-c3ccccc3)n2)c1C. The number of carbonyl (C=O) groups excluding carboxylic acids is 1. The van der Waals surface area contributed by atoms with Gasteiger partial charge in [-0.05, 0) is 49.8 Å². The van der Waals surface area contributed by atoms with Crippen LogP contribution in [0.4, 0.5) is 0 Å². The van der Waals surface area contributed by atoms with Crippen LogP contribution in [0.5, 0.6) is 0 Å². The van der Waals surface area contributed by atoms with Crippen LogP contribution in [0.25, 0.3) is 11.8 Å². The van der Waals surface area contributed by atoms with Crippen LogP contribution in [0, 0.1) is 25.2 Å². The standard InChI is InChI=1S/C23H24N4O3/c1-17-13-19(18(2)26(17)11-12-29-3)14-20(15-24)23(28)30-16-21-9-10-27(25-21)22-7-5-4-6-8-22/h4-10,13-14H,11-12,16H2,1-3H3/b20-14-. The van der Waals surface area contributed by atoms with E-state index in [1.165, 1.54) is 0 Å². The van der Waals surface area contributed by atoms with E-state index in [2.05, 4.69) is 9.67 Å². The average Bonchev–Trinajstić information content (AvgIpc) is 3.34. The molecule has 0 bridgehead atoms. The lowest BCUT2D eigenvalue weighted by Crippen LogP contribution is -2.08. The first-order chi connectivity index (χ1) is 14.5. The van der Waals surface area contributed by atoms with Crippen molar-refractivity contribution in [2.75, 3.05) is 13.7 Å². The van der Waals surface area contributed by atoms with Crippen LogP contribution in [0.15, 0.2) is 54.2 Å². The number of aryl methyl sites for hydroxylation is 1. The zero-order valence-electron chi connectivity index (χ0n) is 17.3. The fraction of sp³-hybridized carbons (Fsp3) is 0.261. The number of nitrogens with zero attached hydrogens (tertiary/aromatic N) is 4. The number of rotatable bonds is 8. The Morgan fingerprint density at radius 1 is 1.23 bits per heavy atom. The van der Waals surface area contributed by atoms with Crippen molar-refractivity contribution < 1.29 is 14.3 Å². The van der Waals surface area contributed by atoms with Crippen LogP contribution in [0.1, 0.15) is 22.6 Å². The maximum absolute atomic E-state index is 12.4. The molecule has 30 heavy (non-hydrogen) atoms. The number of hydrogen-bond acceptors (Lipinski definition) is 5. The quantitative estimate of drug-likeness (QED) is 0.326. The zero-order valence-corrected chi connectivity index (χ0v) is 17.3. The number of esters is 1. The molecular formula is C23H24N4O3. The molecule has 0 spiro atoms. The van der Waals surface area contributed by atoms with Gasteiger partial charge < -0.3 is 14.0 Å². The Hall–Kier alpha value is -3.63. The predicted molar refractivity (Wildman–Crippen MR) is 113 cm³/mol. The van der Waals surface area contributed by atoms with Crippen molar-refractivity contribution in [2.24, 2.45) is 0 Å². The Labute approximate surface area is 175 Å². The number of nitriles is 1. The highest BCUT2D eigenvalue weighted by Gasteiger charge is 2.15. The number of para-hydroxylation sites is 1. The molecule has 0 aliphatic heterocycles. The summed E-state index contributed by atoms with van der Waals surface area (Å²) in [5.41, 5.74) is 4.27. The van der Waals surface area contributed by atoms with Crippen LogP contribution in [0.2, 0.25) is 0 Å². The minimum Gasteiger partial charge on any atom is -0.455 e. The minimum atomic E-state index is -0.673. The van der Waals surface area contributed by atoms with E-state index in [0.29, 0.717) is 18.8 Å². The number of hydrogen-bond donors (Lipinski definition) is 0. The van der Waals surface area contributed by atoms with Crippen LogP contribution in [0.3, 0.4) is 0 Å². The van der Waals surface area contributed by atoms with Crippen molar-refractivity contribution in [1.82, 2.24) is 14.3 Å². The Balaban J connectivity index is 1.69. The van der Waals surface area contributed by atoms with Crippen LogP contribution in [-0.2, 0) is 27.4 Å². The monoisotopic (exact) mass is 404 g/mol. The molecule has 154 valence electrons. The van der Waals surface area contributed by atoms with Crippen molar-refractivity contribution in [1.29, 1.82) is 5.26 Å². The van der Waals surface area contributed by atoms with Gasteiger partial charge in [-0.15, -0.1) is 0 Å². The molecule has 3 aromatic rings. The lowest BCUT2D eigenvalue weighted by Gasteiger charge is -2.08. The van der Waals surface area contributed by atoms with Crippen molar-refractivity contribution in [3.63, 3.8) is 0 Å². The van der Waals surface area contributed by atoms with Gasteiger partial charge in [-0.2, -0.15) is 10.4 Å². The first kappa shape index (κ1) is 21.1. The highest BCUT2D eigenvalue weighted by molar-refractivity contribution is 5.98. The van der Waals surface area contributed by atoms with Gasteiger partial charge >= 0.3 is 5.97 Å². The molecule has 0 atom stereocenters. The van der Waals surface area contributed by atoms with Gasteiger partial charge in [0.25, 0.3) is 0 Å². The second-order valence-corrected chi connectivity index (χ2v) is 6.80. The first-order valence-electron chi connectivity index (χ1n) is 9.58. The van der Waals surface area contributed by atoms with E-state index in [1.807, 2.05) is 56.3 Å². The first-order valence-corrected chi connectivity index (χ1v) is 9.58. The third-order valence-corrected chi connectivity index (χ3v) is 4.79. The van der Waals surface area contributed by atoms with E-state index in [9.17, 15) is 10.1 Å². The fourth-order valence-corrected chi connectivity index (χ4v) is 3.17. The summed E-state index contributed by atoms with van der Waals surface area (Å²) >= 11 is 0. The smallest absolute Gasteiger partial charge is 0.349 e. The molecule has 1 aromatic carbocycles. The van der Waals surface area contributed by atoms with Gasteiger partial charge in [-0.1, -0.05) is 18.2 Å². The highest BCUT2D eigenvalue weighted by atomic mass is 16.5. The van der Waals surface area contributed by atoms with Gasteiger partial charge in [0, 0.05) is 31.2 Å². The lowest BCUT2D eigenvalue weighted by atomic mass is 10.1. The van der Waals surface area contributed by atoms with E-state index in [4.69, 9.17) is 9.47 Å². The number of ether oxygens (including phenoxy) is 2. The second kappa shape index (κ2) is 9.72. The van der Waals surface area contributed by atoms with Crippen LogP contribution in [-0.4, -0.2) is 34.0 Å². The molecule has 7 nitrogen and oxygen atoms in total.